The lowest BCUT2D eigenvalue weighted by atomic mass is 9.81. The average molecular weight is 653 g/mol. The number of hydrogen-bond acceptors (Lipinski definition) is 4. The summed E-state index contributed by atoms with van der Waals surface area (Å²) >= 11 is 0. The molecule has 1 aromatic heterocycles. The molecule has 8 aromatic rings. The molecule has 9 rings (SSSR count). The first-order chi connectivity index (χ1) is 25.0. The predicted octanol–water partition coefficient (Wildman–Crippen LogP) is 11.5. The third kappa shape index (κ3) is 5.28. The minimum atomic E-state index is -0.183. The van der Waals surface area contributed by atoms with Crippen LogP contribution in [-0.2, 0) is 5.41 Å². The lowest BCUT2D eigenvalue weighted by Crippen LogP contribution is -2.15. The molecule has 1 heterocycles. The Kier molecular flexibility index (Phi) is 7.15. The van der Waals surface area contributed by atoms with Crippen molar-refractivity contribution in [1.82, 2.24) is 15.0 Å². The van der Waals surface area contributed by atoms with E-state index in [4.69, 9.17) is 15.0 Å². The van der Waals surface area contributed by atoms with Crippen molar-refractivity contribution in [2.45, 2.75) is 19.3 Å². The molecule has 1 aliphatic carbocycles. The molecule has 0 atom stereocenters. The van der Waals surface area contributed by atoms with Gasteiger partial charge in [-0.05, 0) is 74.0 Å². The highest BCUT2D eigenvalue weighted by Gasteiger charge is 2.37. The summed E-state index contributed by atoms with van der Waals surface area (Å²) in [7, 11) is 0. The van der Waals surface area contributed by atoms with Crippen LogP contribution >= 0.6 is 0 Å². The van der Waals surface area contributed by atoms with E-state index in [1.165, 1.54) is 33.0 Å². The fourth-order valence-electron chi connectivity index (χ4n) is 7.42. The summed E-state index contributed by atoms with van der Waals surface area (Å²) in [5, 5.41) is 12.2. The Hall–Kier alpha value is -6.70. The molecular formula is C47H32N4. The summed E-state index contributed by atoms with van der Waals surface area (Å²) in [5.74, 6) is 1.94. The molecule has 0 bridgehead atoms. The van der Waals surface area contributed by atoms with Gasteiger partial charge in [-0.2, -0.15) is 5.26 Å². The molecule has 0 unspecified atom stereocenters. The van der Waals surface area contributed by atoms with E-state index in [9.17, 15) is 5.26 Å². The number of rotatable bonds is 5. The molecule has 0 amide bonds. The van der Waals surface area contributed by atoms with Gasteiger partial charge in [0, 0.05) is 27.7 Å². The Morgan fingerprint density at radius 2 is 0.922 bits per heavy atom. The number of hydrogen-bond donors (Lipinski definition) is 0. The van der Waals surface area contributed by atoms with Crippen molar-refractivity contribution in [3.63, 3.8) is 0 Å². The first-order valence-electron chi connectivity index (χ1n) is 17.2. The Bertz CT molecular complexity index is 2600. The van der Waals surface area contributed by atoms with Crippen LogP contribution in [0, 0.1) is 11.3 Å². The number of nitrogens with zero attached hydrogens (tertiary/aromatic N) is 4. The molecule has 7 aromatic carbocycles. The van der Waals surface area contributed by atoms with Crippen LogP contribution in [0.2, 0.25) is 0 Å². The summed E-state index contributed by atoms with van der Waals surface area (Å²) < 4.78 is 0. The molecule has 51 heavy (non-hydrogen) atoms. The second-order valence-corrected chi connectivity index (χ2v) is 13.6. The number of nitriles is 1. The lowest BCUT2D eigenvalue weighted by Gasteiger charge is -2.22. The molecule has 0 saturated carbocycles. The lowest BCUT2D eigenvalue weighted by molar-refractivity contribution is 0.660. The van der Waals surface area contributed by atoms with Crippen LogP contribution in [0.4, 0.5) is 0 Å². The second kappa shape index (κ2) is 12.0. The maximum Gasteiger partial charge on any atom is 0.164 e. The van der Waals surface area contributed by atoms with E-state index >= 15 is 0 Å². The maximum absolute atomic E-state index is 9.84. The van der Waals surface area contributed by atoms with Gasteiger partial charge in [-0.15, -0.1) is 0 Å². The van der Waals surface area contributed by atoms with Gasteiger partial charge >= 0.3 is 0 Å². The molecule has 4 nitrogen and oxygen atoms in total. The third-order valence-electron chi connectivity index (χ3n) is 10.2. The van der Waals surface area contributed by atoms with Gasteiger partial charge in [0.2, 0.25) is 0 Å². The highest BCUT2D eigenvalue weighted by atomic mass is 15.0. The SMILES string of the molecule is CC1(C)c2cc(-c3ccc4ccc(-c5ccc(-c6nc(-c7ccccc7)nc(-c7ccccc7)n6)cc5)cc4c3)ccc2-c2c(C#N)cccc21. The van der Waals surface area contributed by atoms with Crippen LogP contribution in [0.5, 0.6) is 0 Å². The largest absolute Gasteiger partial charge is 0.208 e. The average Bonchev–Trinajstić information content (AvgIpc) is 3.43. The molecule has 240 valence electrons. The van der Waals surface area contributed by atoms with Gasteiger partial charge in [0.15, 0.2) is 17.5 Å². The molecular weight excluding hydrogens is 621 g/mol. The van der Waals surface area contributed by atoms with Gasteiger partial charge in [-0.25, -0.2) is 15.0 Å². The van der Waals surface area contributed by atoms with Crippen LogP contribution in [0.25, 0.3) is 78.3 Å². The Morgan fingerprint density at radius 1 is 0.431 bits per heavy atom. The smallest absolute Gasteiger partial charge is 0.164 e. The molecule has 0 fully saturated rings. The first kappa shape index (κ1) is 30.4. The van der Waals surface area contributed by atoms with E-state index in [0.29, 0.717) is 17.5 Å². The van der Waals surface area contributed by atoms with E-state index in [0.717, 1.165) is 44.5 Å². The fourth-order valence-corrected chi connectivity index (χ4v) is 7.42. The summed E-state index contributed by atoms with van der Waals surface area (Å²) in [6, 6.07) is 57.1. The first-order valence-corrected chi connectivity index (χ1v) is 17.2. The van der Waals surface area contributed by atoms with Crippen LogP contribution < -0.4 is 0 Å². The van der Waals surface area contributed by atoms with Crippen LogP contribution in [0.3, 0.4) is 0 Å². The zero-order valence-corrected chi connectivity index (χ0v) is 28.3. The number of fused-ring (bicyclic) bond motifs is 4. The monoisotopic (exact) mass is 652 g/mol. The van der Waals surface area contributed by atoms with Crippen molar-refractivity contribution in [1.29, 1.82) is 5.26 Å². The molecule has 0 aliphatic heterocycles. The topological polar surface area (TPSA) is 62.5 Å². The highest BCUT2D eigenvalue weighted by Crippen LogP contribution is 2.51. The Balaban J connectivity index is 1.05. The zero-order valence-electron chi connectivity index (χ0n) is 28.3. The standard InChI is InChI=1S/C47H32N4/c1-47(2)41-15-9-14-38(29-48)43(41)40-25-24-37(28-42(40)47)36-23-19-31-18-22-35(26-39(31)27-36)30-16-20-34(21-17-30)46-50-44(32-10-5-3-6-11-32)49-45(51-46)33-12-7-4-8-13-33/h3-28H,1-2H3. The number of aromatic nitrogens is 3. The minimum absolute atomic E-state index is 0.183. The normalized spacial score (nSPS) is 12.6. The quantitative estimate of drug-likeness (QED) is 0.186. The van der Waals surface area contributed by atoms with Gasteiger partial charge in [0.25, 0.3) is 0 Å². The van der Waals surface area contributed by atoms with E-state index in [-0.39, 0.29) is 5.41 Å². The van der Waals surface area contributed by atoms with Gasteiger partial charge in [0.1, 0.15) is 0 Å². The van der Waals surface area contributed by atoms with Crippen molar-refractivity contribution in [3.8, 4) is 73.6 Å². The molecule has 1 aliphatic rings. The summed E-state index contributed by atoms with van der Waals surface area (Å²) in [5.41, 5.74) is 12.7. The maximum atomic E-state index is 9.84. The summed E-state index contributed by atoms with van der Waals surface area (Å²) in [6.45, 7) is 4.51. The van der Waals surface area contributed by atoms with Crippen LogP contribution in [0.1, 0.15) is 30.5 Å². The van der Waals surface area contributed by atoms with E-state index in [2.05, 4.69) is 105 Å². The van der Waals surface area contributed by atoms with Gasteiger partial charge < -0.3 is 0 Å². The molecule has 0 radical (unpaired) electrons. The zero-order chi connectivity index (χ0) is 34.5. The van der Waals surface area contributed by atoms with E-state index in [1.54, 1.807) is 0 Å². The van der Waals surface area contributed by atoms with Crippen LogP contribution in [-0.4, -0.2) is 15.0 Å². The van der Waals surface area contributed by atoms with Gasteiger partial charge in [0.05, 0.1) is 11.6 Å². The Morgan fingerprint density at radius 3 is 1.51 bits per heavy atom. The van der Waals surface area contributed by atoms with Crippen molar-refractivity contribution in [3.05, 3.63) is 174 Å². The highest BCUT2D eigenvalue weighted by molar-refractivity contribution is 5.92. The molecule has 0 spiro atoms. The third-order valence-corrected chi connectivity index (χ3v) is 10.2. The van der Waals surface area contributed by atoms with E-state index < -0.39 is 0 Å². The fraction of sp³-hybridized carbons (Fsp3) is 0.0638. The summed E-state index contributed by atoms with van der Waals surface area (Å²) in [4.78, 5) is 14.6. The van der Waals surface area contributed by atoms with Crippen LogP contribution in [0.15, 0.2) is 158 Å². The molecule has 4 heteroatoms. The van der Waals surface area contributed by atoms with Crippen molar-refractivity contribution in [2.24, 2.45) is 0 Å². The van der Waals surface area contributed by atoms with Crippen molar-refractivity contribution >= 4 is 10.8 Å². The Labute approximate surface area is 297 Å². The second-order valence-electron chi connectivity index (χ2n) is 13.6. The molecule has 0 saturated heterocycles. The number of benzene rings is 7. The van der Waals surface area contributed by atoms with Crippen molar-refractivity contribution < 1.29 is 0 Å². The predicted molar refractivity (Wildman–Crippen MR) is 207 cm³/mol. The molecule has 0 N–H and O–H groups in total. The van der Waals surface area contributed by atoms with Gasteiger partial charge in [-0.3, -0.25) is 0 Å². The van der Waals surface area contributed by atoms with Gasteiger partial charge in [-0.1, -0.05) is 147 Å². The van der Waals surface area contributed by atoms with Crippen molar-refractivity contribution in [2.75, 3.05) is 0 Å². The van der Waals surface area contributed by atoms with E-state index in [1.807, 2.05) is 72.8 Å². The summed E-state index contributed by atoms with van der Waals surface area (Å²) in [6.07, 6.45) is 0. The minimum Gasteiger partial charge on any atom is -0.208 e.